The van der Waals surface area contributed by atoms with E-state index in [0.29, 0.717) is 43.3 Å². The van der Waals surface area contributed by atoms with Crippen LogP contribution in [0.25, 0.3) is 11.5 Å². The molecular weight excluding hydrogens is 372 g/mol. The fraction of sp³-hybridized carbons (Fsp3) is 0.500. The van der Waals surface area contributed by atoms with Gasteiger partial charge in [0.1, 0.15) is 17.8 Å². The van der Waals surface area contributed by atoms with Crippen molar-refractivity contribution in [2.75, 3.05) is 24.2 Å². The van der Waals surface area contributed by atoms with E-state index >= 15 is 0 Å². The first-order valence-corrected chi connectivity index (χ1v) is 10.4. The highest BCUT2D eigenvalue weighted by Gasteiger charge is 2.43. The lowest BCUT2D eigenvalue weighted by Crippen LogP contribution is -2.50. The van der Waals surface area contributed by atoms with Crippen LogP contribution in [-0.4, -0.2) is 70.6 Å². The number of aryl methyl sites for hydroxylation is 1. The van der Waals surface area contributed by atoms with Crippen LogP contribution in [0.3, 0.4) is 0 Å². The molecule has 11 heteroatoms. The second-order valence-electron chi connectivity index (χ2n) is 6.82. The van der Waals surface area contributed by atoms with E-state index in [-0.39, 0.29) is 18.2 Å². The lowest BCUT2D eigenvalue weighted by Gasteiger charge is -2.39. The molecule has 2 aromatic rings. The third-order valence-electron chi connectivity index (χ3n) is 4.81. The molecule has 0 radical (unpaired) electrons. The molecule has 3 heterocycles. The number of anilines is 1. The number of amides is 2. The Morgan fingerprint density at radius 2 is 2.00 bits per heavy atom. The van der Waals surface area contributed by atoms with Crippen molar-refractivity contribution in [2.24, 2.45) is 7.05 Å². The van der Waals surface area contributed by atoms with Gasteiger partial charge in [0.05, 0.1) is 12.4 Å². The zero-order valence-corrected chi connectivity index (χ0v) is 15.8. The molecule has 1 aliphatic carbocycles. The van der Waals surface area contributed by atoms with Gasteiger partial charge in [-0.3, -0.25) is 9.08 Å². The van der Waals surface area contributed by atoms with Crippen molar-refractivity contribution in [1.29, 1.82) is 0 Å². The van der Waals surface area contributed by atoms with E-state index in [2.05, 4.69) is 15.2 Å². The largest absolute Gasteiger partial charge is 0.326 e. The quantitative estimate of drug-likeness (QED) is 0.686. The highest BCUT2D eigenvalue weighted by atomic mass is 32.2. The average molecular weight is 392 g/mol. The fourth-order valence-corrected chi connectivity index (χ4v) is 4.09. The maximum atomic E-state index is 12.8. The molecule has 144 valence electrons. The lowest BCUT2D eigenvalue weighted by molar-refractivity contribution is 0.0479. The highest BCUT2D eigenvalue weighted by Crippen LogP contribution is 2.33. The van der Waals surface area contributed by atoms with Gasteiger partial charge in [0.2, 0.25) is 0 Å². The number of carbonyl (C=O) groups is 1. The molecule has 1 saturated carbocycles. The Hall–Kier alpha value is -2.53. The molecule has 2 amide bonds. The molecule has 2 aliphatic rings. The van der Waals surface area contributed by atoms with Gasteiger partial charge in [-0.15, -0.1) is 10.2 Å². The molecule has 1 saturated heterocycles. The average Bonchev–Trinajstić information content (AvgIpc) is 3.16. The zero-order valence-electron chi connectivity index (χ0n) is 15.0. The number of urea groups is 1. The minimum atomic E-state index is -3.47. The first kappa shape index (κ1) is 17.9. The molecular formula is C16H20N6O4S. The Morgan fingerprint density at radius 1 is 1.22 bits per heavy atom. The van der Waals surface area contributed by atoms with Gasteiger partial charge in [0, 0.05) is 26.2 Å². The van der Waals surface area contributed by atoms with Gasteiger partial charge < -0.3 is 9.47 Å². The Bertz CT molecular complexity index is 969. The van der Waals surface area contributed by atoms with Crippen LogP contribution in [0.4, 0.5) is 10.6 Å². The SMILES string of the molecule is Cn1cnnc1-c1cccc(N2CCN(C3CC(OS(C)(=O)=O)C3)C2=O)n1. The van der Waals surface area contributed by atoms with Crippen molar-refractivity contribution >= 4 is 22.0 Å². The van der Waals surface area contributed by atoms with Crippen molar-refractivity contribution in [3.8, 4) is 11.5 Å². The van der Waals surface area contributed by atoms with Crippen molar-refractivity contribution in [3.05, 3.63) is 24.5 Å². The highest BCUT2D eigenvalue weighted by molar-refractivity contribution is 7.86. The van der Waals surface area contributed by atoms with Crippen LogP contribution in [-0.2, 0) is 21.3 Å². The van der Waals surface area contributed by atoms with Gasteiger partial charge in [-0.25, -0.2) is 9.78 Å². The number of aromatic nitrogens is 4. The molecule has 0 bridgehead atoms. The number of hydrogen-bond acceptors (Lipinski definition) is 7. The van der Waals surface area contributed by atoms with Gasteiger partial charge in [0.25, 0.3) is 10.1 Å². The second-order valence-corrected chi connectivity index (χ2v) is 8.42. The Labute approximate surface area is 156 Å². The molecule has 0 unspecified atom stereocenters. The monoisotopic (exact) mass is 392 g/mol. The van der Waals surface area contributed by atoms with Crippen LogP contribution < -0.4 is 4.90 Å². The molecule has 2 fully saturated rings. The van der Waals surface area contributed by atoms with Crippen molar-refractivity contribution in [1.82, 2.24) is 24.6 Å². The minimum absolute atomic E-state index is 0.00354. The number of rotatable bonds is 5. The fourth-order valence-electron chi connectivity index (χ4n) is 3.44. The molecule has 27 heavy (non-hydrogen) atoms. The van der Waals surface area contributed by atoms with Gasteiger partial charge in [0.15, 0.2) is 5.82 Å². The summed E-state index contributed by atoms with van der Waals surface area (Å²) < 4.78 is 29.1. The van der Waals surface area contributed by atoms with Crippen LogP contribution in [0.15, 0.2) is 24.5 Å². The third kappa shape index (κ3) is 3.52. The number of carbonyl (C=O) groups excluding carboxylic acids is 1. The van der Waals surface area contributed by atoms with Crippen molar-refractivity contribution in [3.63, 3.8) is 0 Å². The van der Waals surface area contributed by atoms with Crippen LogP contribution >= 0.6 is 0 Å². The molecule has 2 aromatic heterocycles. The van der Waals surface area contributed by atoms with E-state index in [0.717, 1.165) is 6.26 Å². The molecule has 0 aromatic carbocycles. The summed E-state index contributed by atoms with van der Waals surface area (Å²) in [6.45, 7) is 1.10. The summed E-state index contributed by atoms with van der Waals surface area (Å²) in [4.78, 5) is 20.8. The number of nitrogens with zero attached hydrogens (tertiary/aromatic N) is 6. The minimum Gasteiger partial charge on any atom is -0.319 e. The van der Waals surface area contributed by atoms with Crippen LogP contribution in [0, 0.1) is 0 Å². The van der Waals surface area contributed by atoms with Gasteiger partial charge in [-0.2, -0.15) is 8.42 Å². The van der Waals surface area contributed by atoms with Gasteiger partial charge in [-0.05, 0) is 25.0 Å². The van der Waals surface area contributed by atoms with Crippen molar-refractivity contribution < 1.29 is 17.4 Å². The Morgan fingerprint density at radius 3 is 2.67 bits per heavy atom. The molecule has 0 spiro atoms. The normalized spacial score (nSPS) is 23.0. The van der Waals surface area contributed by atoms with Gasteiger partial charge >= 0.3 is 6.03 Å². The van der Waals surface area contributed by atoms with E-state index < -0.39 is 10.1 Å². The van der Waals surface area contributed by atoms with E-state index in [1.54, 1.807) is 26.8 Å². The summed E-state index contributed by atoms with van der Waals surface area (Å²) in [6.07, 6.45) is 3.35. The van der Waals surface area contributed by atoms with E-state index in [9.17, 15) is 13.2 Å². The summed E-state index contributed by atoms with van der Waals surface area (Å²) >= 11 is 0. The van der Waals surface area contributed by atoms with Crippen molar-refractivity contribution in [2.45, 2.75) is 25.0 Å². The maximum Gasteiger partial charge on any atom is 0.326 e. The summed E-state index contributed by atoms with van der Waals surface area (Å²) in [5.74, 6) is 1.19. The molecule has 4 rings (SSSR count). The standard InChI is InChI=1S/C16H20N6O4S/c1-20-10-17-19-15(20)13-4-3-5-14(18-13)22-7-6-21(16(22)23)11-8-12(9-11)26-27(2,24)25/h3-5,10-12H,6-9H2,1-2H3. The predicted molar refractivity (Wildman–Crippen MR) is 96.4 cm³/mol. The molecule has 0 N–H and O–H groups in total. The third-order valence-corrected chi connectivity index (χ3v) is 5.44. The topological polar surface area (TPSA) is 111 Å². The molecule has 0 atom stereocenters. The number of pyridine rings is 1. The Kier molecular flexibility index (Phi) is 4.35. The number of hydrogen-bond donors (Lipinski definition) is 0. The zero-order chi connectivity index (χ0) is 19.2. The second kappa shape index (κ2) is 6.57. The molecule has 10 nitrogen and oxygen atoms in total. The first-order chi connectivity index (χ1) is 12.8. The predicted octanol–water partition coefficient (Wildman–Crippen LogP) is 0.626. The van der Waals surface area contributed by atoms with Gasteiger partial charge in [-0.1, -0.05) is 6.07 Å². The molecule has 1 aliphatic heterocycles. The lowest BCUT2D eigenvalue weighted by atomic mass is 9.88. The van der Waals surface area contributed by atoms with E-state index in [4.69, 9.17) is 4.18 Å². The van der Waals surface area contributed by atoms with E-state index in [1.807, 2.05) is 19.2 Å². The smallest absolute Gasteiger partial charge is 0.319 e. The van der Waals surface area contributed by atoms with Crippen LogP contribution in [0.2, 0.25) is 0 Å². The summed E-state index contributed by atoms with van der Waals surface area (Å²) in [5.41, 5.74) is 0.643. The summed E-state index contributed by atoms with van der Waals surface area (Å²) in [7, 11) is -1.63. The summed E-state index contributed by atoms with van der Waals surface area (Å²) in [6, 6.07) is 5.32. The van der Waals surface area contributed by atoms with Crippen LogP contribution in [0.1, 0.15) is 12.8 Å². The summed E-state index contributed by atoms with van der Waals surface area (Å²) in [5, 5.41) is 7.91. The van der Waals surface area contributed by atoms with Crippen LogP contribution in [0.5, 0.6) is 0 Å². The maximum absolute atomic E-state index is 12.8. The Balaban J connectivity index is 1.45. The first-order valence-electron chi connectivity index (χ1n) is 8.59. The van der Waals surface area contributed by atoms with E-state index in [1.165, 1.54) is 0 Å².